The molecule has 2 aliphatic heterocycles. The Hall–Kier alpha value is -3.19. The van der Waals surface area contributed by atoms with Gasteiger partial charge in [-0.25, -0.2) is 9.78 Å². The Balaban J connectivity index is 1.00. The van der Waals surface area contributed by atoms with Crippen LogP contribution < -0.4 is 4.90 Å². The summed E-state index contributed by atoms with van der Waals surface area (Å²) >= 11 is 0. The van der Waals surface area contributed by atoms with Gasteiger partial charge in [0.1, 0.15) is 11.9 Å². The molecule has 6 rings (SSSR count). The van der Waals surface area contributed by atoms with Gasteiger partial charge in [0.15, 0.2) is 0 Å². The lowest BCUT2D eigenvalue weighted by Crippen LogP contribution is -2.64. The maximum atomic E-state index is 13.0. The van der Waals surface area contributed by atoms with Crippen LogP contribution in [-0.2, 0) is 11.3 Å². The predicted octanol–water partition coefficient (Wildman–Crippen LogP) is 4.33. The van der Waals surface area contributed by atoms with E-state index in [0.717, 1.165) is 49.3 Å². The minimum Gasteiger partial charge on any atom is -0.446 e. The van der Waals surface area contributed by atoms with E-state index < -0.39 is 0 Å². The first kappa shape index (κ1) is 22.3. The number of para-hydroxylation sites is 2. The Morgan fingerprint density at radius 2 is 1.69 bits per heavy atom. The molecule has 35 heavy (non-hydrogen) atoms. The molecule has 182 valence electrons. The molecule has 0 radical (unpaired) electrons. The van der Waals surface area contributed by atoms with Crippen molar-refractivity contribution in [2.24, 2.45) is 5.41 Å². The summed E-state index contributed by atoms with van der Waals surface area (Å²) in [5, 5.41) is 0. The third kappa shape index (κ3) is 4.33. The fourth-order valence-electron chi connectivity index (χ4n) is 6.10. The Morgan fingerprint density at radius 3 is 2.46 bits per heavy atom. The third-order valence-corrected chi connectivity index (χ3v) is 7.91. The van der Waals surface area contributed by atoms with Gasteiger partial charge in [-0.2, -0.15) is 0 Å². The van der Waals surface area contributed by atoms with E-state index in [1.165, 1.54) is 5.56 Å². The molecule has 2 saturated heterocycles. The van der Waals surface area contributed by atoms with Gasteiger partial charge in [0.05, 0.1) is 17.2 Å². The van der Waals surface area contributed by atoms with Gasteiger partial charge < -0.3 is 14.5 Å². The Kier molecular flexibility index (Phi) is 5.60. The molecule has 7 nitrogen and oxygen atoms in total. The number of carbonyl (C=O) groups is 1. The van der Waals surface area contributed by atoms with Crippen LogP contribution >= 0.6 is 0 Å². The van der Waals surface area contributed by atoms with Gasteiger partial charge in [0.2, 0.25) is 0 Å². The molecule has 0 bridgehead atoms. The summed E-state index contributed by atoms with van der Waals surface area (Å²) in [4.78, 5) is 29.1. The Morgan fingerprint density at radius 1 is 0.971 bits per heavy atom. The zero-order chi connectivity index (χ0) is 24.0. The number of anilines is 1. The summed E-state index contributed by atoms with van der Waals surface area (Å²) in [5.41, 5.74) is 3.50. The Labute approximate surface area is 206 Å². The maximum absolute atomic E-state index is 13.0. The van der Waals surface area contributed by atoms with Gasteiger partial charge in [-0.3, -0.25) is 9.88 Å². The number of hydrogen-bond acceptors (Lipinski definition) is 6. The number of nitrogens with zero attached hydrogens (tertiary/aromatic N) is 5. The first-order valence-electron chi connectivity index (χ1n) is 12.7. The molecule has 3 aliphatic rings. The van der Waals surface area contributed by atoms with Gasteiger partial charge in [-0.1, -0.05) is 42.5 Å². The molecule has 3 heterocycles. The molecule has 0 N–H and O–H groups in total. The van der Waals surface area contributed by atoms with E-state index in [2.05, 4.69) is 59.0 Å². The van der Waals surface area contributed by atoms with E-state index in [9.17, 15) is 4.79 Å². The predicted molar refractivity (Wildman–Crippen MR) is 136 cm³/mol. The molecule has 7 heteroatoms. The number of aromatic nitrogens is 2. The zero-order valence-electron chi connectivity index (χ0n) is 20.5. The normalized spacial score (nSPS) is 24.3. The van der Waals surface area contributed by atoms with E-state index in [1.54, 1.807) is 0 Å². The monoisotopic (exact) mass is 471 g/mol. The molecule has 1 saturated carbocycles. The van der Waals surface area contributed by atoms with Crippen molar-refractivity contribution < 1.29 is 9.53 Å². The first-order chi connectivity index (χ1) is 17.0. The van der Waals surface area contributed by atoms with Gasteiger partial charge in [0.25, 0.3) is 0 Å². The number of piperazine rings is 1. The van der Waals surface area contributed by atoms with Crippen molar-refractivity contribution in [3.05, 3.63) is 66.4 Å². The summed E-state index contributed by atoms with van der Waals surface area (Å²) in [6.45, 7) is 8.78. The fourth-order valence-corrected chi connectivity index (χ4v) is 6.10. The molecule has 1 amide bonds. The SMILES string of the molecule is C[C@@H]1CN(c2cnc3ccccc3n2)[C@@H](C)CN1C(=O)OC1CC2(C1)CN(Cc1ccccc1)C2. The summed E-state index contributed by atoms with van der Waals surface area (Å²) in [7, 11) is 0. The molecule has 3 aromatic rings. The largest absolute Gasteiger partial charge is 0.446 e. The second-order valence-corrected chi connectivity index (χ2v) is 10.8. The van der Waals surface area contributed by atoms with Crippen LogP contribution in [-0.4, -0.2) is 70.2 Å². The van der Waals surface area contributed by atoms with Crippen molar-refractivity contribution in [2.75, 3.05) is 31.1 Å². The number of ether oxygens (including phenoxy) is 1. The number of amides is 1. The number of likely N-dealkylation sites (tertiary alicyclic amines) is 1. The van der Waals surface area contributed by atoms with E-state index in [4.69, 9.17) is 9.72 Å². The number of fused-ring (bicyclic) bond motifs is 1. The van der Waals surface area contributed by atoms with Crippen molar-refractivity contribution in [1.29, 1.82) is 0 Å². The second kappa shape index (κ2) is 8.79. The van der Waals surface area contributed by atoms with Crippen molar-refractivity contribution in [3.63, 3.8) is 0 Å². The van der Waals surface area contributed by atoms with Gasteiger partial charge in [-0.05, 0) is 44.4 Å². The van der Waals surface area contributed by atoms with E-state index in [1.807, 2.05) is 35.4 Å². The molecular weight excluding hydrogens is 438 g/mol. The molecule has 1 spiro atoms. The summed E-state index contributed by atoms with van der Waals surface area (Å²) < 4.78 is 5.95. The highest BCUT2D eigenvalue weighted by molar-refractivity contribution is 5.75. The molecule has 1 aromatic heterocycles. The van der Waals surface area contributed by atoms with Gasteiger partial charge >= 0.3 is 6.09 Å². The lowest BCUT2D eigenvalue weighted by Gasteiger charge is -2.58. The fraction of sp³-hybridized carbons (Fsp3) is 0.464. The van der Waals surface area contributed by atoms with Crippen LogP contribution in [0, 0.1) is 5.41 Å². The molecule has 2 atom stereocenters. The number of carbonyl (C=O) groups excluding carboxylic acids is 1. The number of hydrogen-bond donors (Lipinski definition) is 0. The van der Waals surface area contributed by atoms with Crippen molar-refractivity contribution in [3.8, 4) is 0 Å². The van der Waals surface area contributed by atoms with Crippen molar-refractivity contribution in [1.82, 2.24) is 19.8 Å². The van der Waals surface area contributed by atoms with E-state index >= 15 is 0 Å². The van der Waals surface area contributed by atoms with Crippen LogP contribution in [0.5, 0.6) is 0 Å². The summed E-state index contributed by atoms with van der Waals surface area (Å²) in [6.07, 6.45) is 3.69. The smallest absolute Gasteiger partial charge is 0.410 e. The van der Waals surface area contributed by atoms with Crippen LogP contribution in [0.2, 0.25) is 0 Å². The lowest BCUT2D eigenvalue weighted by atomic mass is 9.61. The molecule has 3 fully saturated rings. The quantitative estimate of drug-likeness (QED) is 0.565. The second-order valence-electron chi connectivity index (χ2n) is 10.8. The minimum atomic E-state index is -0.172. The van der Waals surface area contributed by atoms with Crippen LogP contribution in [0.25, 0.3) is 11.0 Å². The summed E-state index contributed by atoms with van der Waals surface area (Å²) in [6, 6.07) is 18.7. The van der Waals surface area contributed by atoms with Crippen LogP contribution in [0.15, 0.2) is 60.8 Å². The Bertz CT molecular complexity index is 1200. The maximum Gasteiger partial charge on any atom is 0.410 e. The van der Waals surface area contributed by atoms with Crippen LogP contribution in [0.3, 0.4) is 0 Å². The highest BCUT2D eigenvalue weighted by Crippen LogP contribution is 2.50. The molecular formula is C28H33N5O2. The first-order valence-corrected chi connectivity index (χ1v) is 12.7. The average Bonchev–Trinajstić information content (AvgIpc) is 2.82. The molecule has 2 aromatic carbocycles. The van der Waals surface area contributed by atoms with Crippen molar-refractivity contribution >= 4 is 22.9 Å². The lowest BCUT2D eigenvalue weighted by molar-refractivity contribution is -0.137. The van der Waals surface area contributed by atoms with E-state index in [0.29, 0.717) is 18.5 Å². The van der Waals surface area contributed by atoms with Crippen LogP contribution in [0.1, 0.15) is 32.3 Å². The zero-order valence-corrected chi connectivity index (χ0v) is 20.5. The third-order valence-electron chi connectivity index (χ3n) is 7.91. The highest BCUT2D eigenvalue weighted by atomic mass is 16.6. The number of rotatable bonds is 4. The standard InChI is InChI=1S/C28H33N5O2/c1-20-16-33(21(2)15-32(20)26-14-29-24-10-6-7-11-25(24)30-26)27(34)35-23-12-28(13-23)18-31(19-28)17-22-8-4-3-5-9-22/h3-11,14,20-21,23H,12-13,15-19H2,1-2H3/t20-,21+/m0/s1. The van der Waals surface area contributed by atoms with Gasteiger partial charge in [0, 0.05) is 50.2 Å². The van der Waals surface area contributed by atoms with Gasteiger partial charge in [-0.15, -0.1) is 0 Å². The number of benzene rings is 2. The van der Waals surface area contributed by atoms with Crippen molar-refractivity contribution in [2.45, 2.75) is 51.4 Å². The average molecular weight is 472 g/mol. The van der Waals surface area contributed by atoms with Crippen LogP contribution in [0.4, 0.5) is 10.6 Å². The minimum absolute atomic E-state index is 0.0473. The summed E-state index contributed by atoms with van der Waals surface area (Å²) in [5.74, 6) is 0.863. The van der Waals surface area contributed by atoms with E-state index in [-0.39, 0.29) is 24.3 Å². The topological polar surface area (TPSA) is 61.8 Å². The molecule has 0 unspecified atom stereocenters. The molecule has 1 aliphatic carbocycles. The highest BCUT2D eigenvalue weighted by Gasteiger charge is 2.54.